The van der Waals surface area contributed by atoms with Crippen molar-refractivity contribution in [2.45, 2.75) is 31.4 Å². The van der Waals surface area contributed by atoms with Crippen molar-refractivity contribution in [1.82, 2.24) is 5.32 Å². The third kappa shape index (κ3) is 4.86. The van der Waals surface area contributed by atoms with Crippen LogP contribution >= 0.6 is 11.8 Å². The number of ether oxygens (including phenoxy) is 1. The lowest BCUT2D eigenvalue weighted by Gasteiger charge is -2.21. The molecule has 1 fully saturated rings. The van der Waals surface area contributed by atoms with Gasteiger partial charge in [0.1, 0.15) is 0 Å². The van der Waals surface area contributed by atoms with Crippen molar-refractivity contribution in [3.63, 3.8) is 0 Å². The first-order valence-corrected chi connectivity index (χ1v) is 6.34. The van der Waals surface area contributed by atoms with Crippen molar-refractivity contribution in [2.24, 2.45) is 0 Å². The minimum atomic E-state index is 0.151. The van der Waals surface area contributed by atoms with E-state index in [0.29, 0.717) is 6.42 Å². The van der Waals surface area contributed by atoms with Gasteiger partial charge in [0.25, 0.3) is 0 Å². The molecule has 0 atom stereocenters. The minimum Gasteiger partial charge on any atom is -0.381 e. The van der Waals surface area contributed by atoms with Crippen LogP contribution in [0.2, 0.25) is 0 Å². The first-order chi connectivity index (χ1) is 6.83. The van der Waals surface area contributed by atoms with Gasteiger partial charge in [-0.2, -0.15) is 11.8 Å². The minimum absolute atomic E-state index is 0.151. The van der Waals surface area contributed by atoms with E-state index in [1.54, 1.807) is 0 Å². The fourth-order valence-electron chi connectivity index (χ4n) is 1.38. The molecule has 0 radical (unpaired) electrons. The number of carbonyl (C=O) groups is 1. The van der Waals surface area contributed by atoms with Crippen molar-refractivity contribution in [3.8, 4) is 0 Å². The van der Waals surface area contributed by atoms with Crippen molar-refractivity contribution in [1.29, 1.82) is 0 Å². The lowest BCUT2D eigenvalue weighted by atomic mass is 10.2. The van der Waals surface area contributed by atoms with Crippen LogP contribution in [-0.2, 0) is 9.53 Å². The van der Waals surface area contributed by atoms with Crippen molar-refractivity contribution in [3.05, 3.63) is 0 Å². The van der Waals surface area contributed by atoms with Gasteiger partial charge in [-0.25, -0.2) is 0 Å². The summed E-state index contributed by atoms with van der Waals surface area (Å²) in [5, 5.41) is 3.62. The normalized spacial score (nSPS) is 18.1. The van der Waals surface area contributed by atoms with Gasteiger partial charge in [-0.05, 0) is 12.8 Å². The van der Waals surface area contributed by atoms with E-state index >= 15 is 0 Å². The summed E-state index contributed by atoms with van der Waals surface area (Å²) in [6.45, 7) is 4.48. The Morgan fingerprint density at radius 3 is 2.86 bits per heavy atom. The molecule has 0 aromatic rings. The van der Waals surface area contributed by atoms with Crippen LogP contribution in [0.4, 0.5) is 0 Å². The fourth-order valence-corrected chi connectivity index (χ4v) is 2.46. The number of hydrogen-bond acceptors (Lipinski definition) is 3. The van der Waals surface area contributed by atoms with Gasteiger partial charge in [0, 0.05) is 37.2 Å². The van der Waals surface area contributed by atoms with E-state index in [4.69, 9.17) is 4.74 Å². The second kappa shape index (κ2) is 7.12. The number of nitrogens with one attached hydrogen (secondary N) is 1. The number of amides is 1. The summed E-state index contributed by atoms with van der Waals surface area (Å²) in [5.41, 5.74) is 0. The zero-order chi connectivity index (χ0) is 10.2. The first kappa shape index (κ1) is 11.9. The second-order valence-corrected chi connectivity index (χ2v) is 4.79. The molecule has 82 valence electrons. The van der Waals surface area contributed by atoms with Crippen molar-refractivity contribution in [2.75, 3.05) is 25.5 Å². The van der Waals surface area contributed by atoms with E-state index < -0.39 is 0 Å². The average Bonchev–Trinajstić information content (AvgIpc) is 2.25. The Balaban J connectivity index is 1.94. The molecule has 1 saturated heterocycles. The Morgan fingerprint density at radius 1 is 1.50 bits per heavy atom. The largest absolute Gasteiger partial charge is 0.381 e. The predicted octanol–water partition coefficient (Wildman–Crippen LogP) is 1.42. The SMILES string of the molecule is CCC(=O)NCCSC1CCOCC1. The summed E-state index contributed by atoms with van der Waals surface area (Å²) < 4.78 is 5.28. The molecule has 0 aliphatic carbocycles. The summed E-state index contributed by atoms with van der Waals surface area (Å²) >= 11 is 1.96. The number of thioether (sulfide) groups is 1. The van der Waals surface area contributed by atoms with Gasteiger partial charge >= 0.3 is 0 Å². The van der Waals surface area contributed by atoms with E-state index in [1.165, 1.54) is 0 Å². The smallest absolute Gasteiger partial charge is 0.219 e. The summed E-state index contributed by atoms with van der Waals surface area (Å²) in [6, 6.07) is 0. The van der Waals surface area contributed by atoms with E-state index in [0.717, 1.165) is 43.6 Å². The predicted molar refractivity (Wildman–Crippen MR) is 59.6 cm³/mol. The van der Waals surface area contributed by atoms with Crippen LogP contribution in [-0.4, -0.2) is 36.7 Å². The monoisotopic (exact) mass is 217 g/mol. The molecule has 0 aromatic carbocycles. The lowest BCUT2D eigenvalue weighted by Crippen LogP contribution is -2.26. The highest BCUT2D eigenvalue weighted by molar-refractivity contribution is 7.99. The average molecular weight is 217 g/mol. The van der Waals surface area contributed by atoms with Crippen molar-refractivity contribution >= 4 is 17.7 Å². The number of hydrogen-bond donors (Lipinski definition) is 1. The van der Waals surface area contributed by atoms with Gasteiger partial charge in [0.2, 0.25) is 5.91 Å². The highest BCUT2D eigenvalue weighted by atomic mass is 32.2. The van der Waals surface area contributed by atoms with E-state index in [2.05, 4.69) is 5.32 Å². The molecule has 0 aromatic heterocycles. The van der Waals surface area contributed by atoms with Gasteiger partial charge in [-0.1, -0.05) is 6.92 Å². The van der Waals surface area contributed by atoms with Crippen LogP contribution < -0.4 is 5.32 Å². The molecule has 1 heterocycles. The molecule has 1 N–H and O–H groups in total. The van der Waals surface area contributed by atoms with Crippen LogP contribution in [0.5, 0.6) is 0 Å². The quantitative estimate of drug-likeness (QED) is 0.708. The zero-order valence-corrected chi connectivity index (χ0v) is 9.57. The maximum Gasteiger partial charge on any atom is 0.219 e. The highest BCUT2D eigenvalue weighted by Gasteiger charge is 2.13. The molecular weight excluding hydrogens is 198 g/mol. The van der Waals surface area contributed by atoms with Crippen LogP contribution in [0.3, 0.4) is 0 Å². The third-order valence-electron chi connectivity index (χ3n) is 2.27. The Morgan fingerprint density at radius 2 is 2.21 bits per heavy atom. The molecule has 0 spiro atoms. The molecular formula is C10H19NO2S. The Labute approximate surface area is 90.0 Å². The van der Waals surface area contributed by atoms with Gasteiger partial charge in [0.15, 0.2) is 0 Å². The molecule has 0 saturated carbocycles. The van der Waals surface area contributed by atoms with E-state index in [-0.39, 0.29) is 5.91 Å². The molecule has 1 aliphatic heterocycles. The second-order valence-electron chi connectivity index (χ2n) is 3.39. The van der Waals surface area contributed by atoms with Crippen molar-refractivity contribution < 1.29 is 9.53 Å². The molecule has 1 rings (SSSR count). The molecule has 0 bridgehead atoms. The fraction of sp³-hybridized carbons (Fsp3) is 0.900. The van der Waals surface area contributed by atoms with Crippen LogP contribution in [0, 0.1) is 0 Å². The standard InChI is InChI=1S/C10H19NO2S/c1-2-10(12)11-5-8-14-9-3-6-13-7-4-9/h9H,2-8H2,1H3,(H,11,12). The summed E-state index contributed by atoms with van der Waals surface area (Å²) in [4.78, 5) is 10.9. The Hall–Kier alpha value is -0.220. The van der Waals surface area contributed by atoms with Gasteiger partial charge in [0.05, 0.1) is 0 Å². The van der Waals surface area contributed by atoms with Crippen LogP contribution in [0.25, 0.3) is 0 Å². The maximum absolute atomic E-state index is 10.9. The molecule has 1 amide bonds. The number of rotatable bonds is 5. The van der Waals surface area contributed by atoms with Gasteiger partial charge in [-0.3, -0.25) is 4.79 Å². The third-order valence-corrected chi connectivity index (χ3v) is 3.65. The molecule has 0 unspecified atom stereocenters. The van der Waals surface area contributed by atoms with Gasteiger partial charge in [-0.15, -0.1) is 0 Å². The van der Waals surface area contributed by atoms with Crippen LogP contribution in [0.1, 0.15) is 26.2 Å². The maximum atomic E-state index is 10.9. The molecule has 4 heteroatoms. The Bertz CT molecular complexity index is 170. The Kier molecular flexibility index (Phi) is 6.03. The van der Waals surface area contributed by atoms with E-state index in [9.17, 15) is 4.79 Å². The molecule has 1 aliphatic rings. The molecule has 3 nitrogen and oxygen atoms in total. The summed E-state index contributed by atoms with van der Waals surface area (Å²) in [7, 11) is 0. The zero-order valence-electron chi connectivity index (χ0n) is 8.75. The summed E-state index contributed by atoms with van der Waals surface area (Å²) in [5.74, 6) is 1.17. The lowest BCUT2D eigenvalue weighted by molar-refractivity contribution is -0.120. The van der Waals surface area contributed by atoms with Crippen LogP contribution in [0.15, 0.2) is 0 Å². The first-order valence-electron chi connectivity index (χ1n) is 5.29. The number of carbonyl (C=O) groups excluding carboxylic acids is 1. The van der Waals surface area contributed by atoms with E-state index in [1.807, 2.05) is 18.7 Å². The molecule has 14 heavy (non-hydrogen) atoms. The highest BCUT2D eigenvalue weighted by Crippen LogP contribution is 2.21. The topological polar surface area (TPSA) is 38.3 Å². The van der Waals surface area contributed by atoms with Gasteiger partial charge < -0.3 is 10.1 Å². The summed E-state index contributed by atoms with van der Waals surface area (Å²) in [6.07, 6.45) is 2.90.